The second kappa shape index (κ2) is 13.6. The Kier molecular flexibility index (Phi) is 10.2. The number of nitrogens with one attached hydrogen (secondary N) is 1. The van der Waals surface area contributed by atoms with Gasteiger partial charge in [-0.1, -0.05) is 78.5 Å². The molecular formula is C30H33Cl2N3O4S. The number of likely N-dealkylation sites (N-methyl/N-ethyl adjacent to an activating group) is 1. The van der Waals surface area contributed by atoms with Gasteiger partial charge in [-0.05, 0) is 60.4 Å². The molecule has 1 N–H and O–H groups in total. The summed E-state index contributed by atoms with van der Waals surface area (Å²) >= 11 is 12.2. The maximum absolute atomic E-state index is 13.9. The van der Waals surface area contributed by atoms with E-state index in [-0.39, 0.29) is 29.8 Å². The van der Waals surface area contributed by atoms with Gasteiger partial charge in [0.05, 0.1) is 11.4 Å². The second-order valence-electron chi connectivity index (χ2n) is 10.1. The van der Waals surface area contributed by atoms with Crippen LogP contribution in [0.15, 0.2) is 83.8 Å². The zero-order valence-electron chi connectivity index (χ0n) is 22.3. The predicted molar refractivity (Wildman–Crippen MR) is 158 cm³/mol. The lowest BCUT2D eigenvalue weighted by atomic mass is 10.0. The standard InChI is InChI=1S/C30H33Cl2N3O4S/c1-34(40(38,39)27-16-14-24(31)15-17-27)21-29(36)35(20-23-10-7-11-25(32)18-23)28(19-22-8-3-2-4-9-22)30(37)33-26-12-5-6-13-26/h2-4,7-11,14-18,26,28H,5-6,12-13,19-21H2,1H3,(H,33,37). The number of halogens is 2. The van der Waals surface area contributed by atoms with Crippen molar-refractivity contribution in [2.45, 2.75) is 55.6 Å². The van der Waals surface area contributed by atoms with Gasteiger partial charge in [0.1, 0.15) is 6.04 Å². The molecule has 0 radical (unpaired) electrons. The highest BCUT2D eigenvalue weighted by molar-refractivity contribution is 7.89. The molecule has 3 aromatic carbocycles. The quantitative estimate of drug-likeness (QED) is 0.322. The molecule has 3 aromatic rings. The molecule has 4 rings (SSSR count). The van der Waals surface area contributed by atoms with Crippen molar-refractivity contribution in [1.82, 2.24) is 14.5 Å². The number of carbonyl (C=O) groups excluding carboxylic acids is 2. The summed E-state index contributed by atoms with van der Waals surface area (Å²) in [6.45, 7) is -0.364. The van der Waals surface area contributed by atoms with Crippen LogP contribution in [0.3, 0.4) is 0 Å². The fraction of sp³-hybridized carbons (Fsp3) is 0.333. The molecule has 2 amide bonds. The summed E-state index contributed by atoms with van der Waals surface area (Å²) in [4.78, 5) is 29.2. The van der Waals surface area contributed by atoms with E-state index in [1.54, 1.807) is 18.2 Å². The van der Waals surface area contributed by atoms with Crippen molar-refractivity contribution in [1.29, 1.82) is 0 Å². The van der Waals surface area contributed by atoms with Crippen LogP contribution in [0.25, 0.3) is 0 Å². The average Bonchev–Trinajstić information content (AvgIpc) is 3.44. The molecule has 0 spiro atoms. The van der Waals surface area contributed by atoms with E-state index in [0.29, 0.717) is 10.0 Å². The van der Waals surface area contributed by atoms with Crippen molar-refractivity contribution in [2.24, 2.45) is 0 Å². The van der Waals surface area contributed by atoms with Crippen LogP contribution in [0.5, 0.6) is 0 Å². The molecule has 7 nitrogen and oxygen atoms in total. The van der Waals surface area contributed by atoms with E-state index in [4.69, 9.17) is 23.2 Å². The second-order valence-corrected chi connectivity index (χ2v) is 13.0. The molecule has 1 saturated carbocycles. The molecule has 0 heterocycles. The van der Waals surface area contributed by atoms with Crippen LogP contribution >= 0.6 is 23.2 Å². The first kappa shape index (κ1) is 30.1. The van der Waals surface area contributed by atoms with E-state index in [9.17, 15) is 18.0 Å². The van der Waals surface area contributed by atoms with Gasteiger partial charge in [-0.25, -0.2) is 8.42 Å². The number of hydrogen-bond donors (Lipinski definition) is 1. The van der Waals surface area contributed by atoms with Crippen LogP contribution in [0.2, 0.25) is 10.0 Å². The van der Waals surface area contributed by atoms with Crippen molar-refractivity contribution in [3.8, 4) is 0 Å². The summed E-state index contributed by atoms with van der Waals surface area (Å²) in [6, 6.07) is 21.5. The molecule has 212 valence electrons. The Hall–Kier alpha value is -2.91. The Morgan fingerprint density at radius 1 is 0.900 bits per heavy atom. The van der Waals surface area contributed by atoms with E-state index in [0.717, 1.165) is 41.1 Å². The average molecular weight is 603 g/mol. The van der Waals surface area contributed by atoms with E-state index < -0.39 is 28.5 Å². The van der Waals surface area contributed by atoms with Crippen LogP contribution in [-0.2, 0) is 32.6 Å². The van der Waals surface area contributed by atoms with Crippen LogP contribution in [0.1, 0.15) is 36.8 Å². The highest BCUT2D eigenvalue weighted by Gasteiger charge is 2.34. The molecule has 1 atom stereocenters. The Morgan fingerprint density at radius 2 is 1.55 bits per heavy atom. The van der Waals surface area contributed by atoms with Crippen molar-refractivity contribution < 1.29 is 18.0 Å². The normalized spacial score (nSPS) is 14.7. The molecule has 0 aromatic heterocycles. The van der Waals surface area contributed by atoms with E-state index in [1.165, 1.54) is 36.2 Å². The third-order valence-corrected chi connectivity index (χ3v) is 9.40. The molecule has 40 heavy (non-hydrogen) atoms. The summed E-state index contributed by atoms with van der Waals surface area (Å²) in [6.07, 6.45) is 4.17. The number of sulfonamides is 1. The lowest BCUT2D eigenvalue weighted by Gasteiger charge is -2.33. The third kappa shape index (κ3) is 7.85. The highest BCUT2D eigenvalue weighted by Crippen LogP contribution is 2.22. The Labute approximate surface area is 246 Å². The van der Waals surface area contributed by atoms with Gasteiger partial charge >= 0.3 is 0 Å². The smallest absolute Gasteiger partial charge is 0.243 e. The van der Waals surface area contributed by atoms with Crippen LogP contribution in [0, 0.1) is 0 Å². The fourth-order valence-corrected chi connectivity index (χ4v) is 6.37. The Balaban J connectivity index is 1.66. The van der Waals surface area contributed by atoms with Crippen LogP contribution in [-0.4, -0.2) is 55.1 Å². The lowest BCUT2D eigenvalue weighted by Crippen LogP contribution is -2.54. The van der Waals surface area contributed by atoms with Gasteiger partial charge < -0.3 is 10.2 Å². The van der Waals surface area contributed by atoms with Crippen LogP contribution in [0.4, 0.5) is 0 Å². The minimum Gasteiger partial charge on any atom is -0.352 e. The first-order valence-corrected chi connectivity index (χ1v) is 15.4. The van der Waals surface area contributed by atoms with E-state index >= 15 is 0 Å². The molecule has 1 aliphatic rings. The maximum Gasteiger partial charge on any atom is 0.243 e. The van der Waals surface area contributed by atoms with Crippen molar-refractivity contribution >= 4 is 45.0 Å². The molecule has 0 aliphatic heterocycles. The van der Waals surface area contributed by atoms with Crippen molar-refractivity contribution in [3.05, 3.63) is 100 Å². The molecule has 0 bridgehead atoms. The summed E-state index contributed by atoms with van der Waals surface area (Å²) in [5.74, 6) is -0.753. The molecule has 1 unspecified atom stereocenters. The highest BCUT2D eigenvalue weighted by atomic mass is 35.5. The molecule has 0 saturated heterocycles. The maximum atomic E-state index is 13.9. The predicted octanol–water partition coefficient (Wildman–Crippen LogP) is 5.31. The monoisotopic (exact) mass is 601 g/mol. The number of benzene rings is 3. The van der Waals surface area contributed by atoms with Gasteiger partial charge in [0.15, 0.2) is 0 Å². The minimum atomic E-state index is -3.98. The van der Waals surface area contributed by atoms with Crippen molar-refractivity contribution in [3.63, 3.8) is 0 Å². The van der Waals surface area contributed by atoms with Gasteiger partial charge in [-0.2, -0.15) is 4.31 Å². The number of hydrogen-bond acceptors (Lipinski definition) is 4. The molecule has 1 fully saturated rings. The first-order chi connectivity index (χ1) is 19.1. The minimum absolute atomic E-state index is 0.0217. The Morgan fingerprint density at radius 3 is 2.20 bits per heavy atom. The summed E-state index contributed by atoms with van der Waals surface area (Å²) < 4.78 is 27.5. The van der Waals surface area contributed by atoms with E-state index in [2.05, 4.69) is 5.32 Å². The van der Waals surface area contributed by atoms with Gasteiger partial charge in [-0.15, -0.1) is 0 Å². The molecular weight excluding hydrogens is 569 g/mol. The van der Waals surface area contributed by atoms with Crippen LogP contribution < -0.4 is 5.32 Å². The van der Waals surface area contributed by atoms with Gasteiger partial charge in [0.25, 0.3) is 0 Å². The molecule has 10 heteroatoms. The number of carbonyl (C=O) groups is 2. The number of rotatable bonds is 11. The summed E-state index contributed by atoms with van der Waals surface area (Å²) in [7, 11) is -2.63. The summed E-state index contributed by atoms with van der Waals surface area (Å²) in [5, 5.41) is 4.05. The van der Waals surface area contributed by atoms with Gasteiger partial charge in [-0.3, -0.25) is 9.59 Å². The topological polar surface area (TPSA) is 86.8 Å². The first-order valence-electron chi connectivity index (χ1n) is 13.2. The van der Waals surface area contributed by atoms with Gasteiger partial charge in [0, 0.05) is 36.1 Å². The zero-order chi connectivity index (χ0) is 28.7. The third-order valence-electron chi connectivity index (χ3n) is 7.09. The number of nitrogens with zero attached hydrogens (tertiary/aromatic N) is 2. The largest absolute Gasteiger partial charge is 0.352 e. The number of amides is 2. The van der Waals surface area contributed by atoms with Gasteiger partial charge in [0.2, 0.25) is 21.8 Å². The summed E-state index contributed by atoms with van der Waals surface area (Å²) in [5.41, 5.74) is 1.62. The molecule has 1 aliphatic carbocycles. The van der Waals surface area contributed by atoms with E-state index in [1.807, 2.05) is 36.4 Å². The lowest BCUT2D eigenvalue weighted by molar-refractivity contribution is -0.141. The SMILES string of the molecule is CN(CC(=O)N(Cc1cccc(Cl)c1)C(Cc1ccccc1)C(=O)NC1CCCC1)S(=O)(=O)c1ccc(Cl)cc1. The fourth-order valence-electron chi connectivity index (χ4n) is 4.91. The zero-order valence-corrected chi connectivity index (χ0v) is 24.6. The Bertz CT molecular complexity index is 1410. The van der Waals surface area contributed by atoms with Crippen molar-refractivity contribution in [2.75, 3.05) is 13.6 Å².